The summed E-state index contributed by atoms with van der Waals surface area (Å²) in [6.07, 6.45) is 3.74. The van der Waals surface area contributed by atoms with E-state index in [9.17, 15) is 0 Å². The third-order valence-corrected chi connectivity index (χ3v) is 3.81. The highest BCUT2D eigenvalue weighted by Gasteiger charge is 2.14. The van der Waals surface area contributed by atoms with Crippen molar-refractivity contribution in [2.24, 2.45) is 5.73 Å². The highest BCUT2D eigenvalue weighted by molar-refractivity contribution is 5.88. The minimum absolute atomic E-state index is 0.456. The van der Waals surface area contributed by atoms with Gasteiger partial charge in [0, 0.05) is 29.4 Å². The van der Waals surface area contributed by atoms with Gasteiger partial charge in [0.1, 0.15) is 0 Å². The lowest BCUT2D eigenvalue weighted by Gasteiger charge is -2.13. The smallest absolute Gasteiger partial charge is 0.0803 e. The van der Waals surface area contributed by atoms with Crippen molar-refractivity contribution in [2.45, 2.75) is 33.2 Å². The third kappa shape index (κ3) is 2.32. The standard InChI is InChI=1S/C17H20N4/c1-3-13-9-14(4-2)21(20-13)17-12(10-18)11-19-16-8-6-5-7-15(16)17/h5-9,11H,3-4,10,18H2,1-2H3. The molecule has 3 rings (SSSR count). The number of nitrogens with zero attached hydrogens (tertiary/aromatic N) is 3. The van der Waals surface area contributed by atoms with Gasteiger partial charge in [-0.3, -0.25) is 4.98 Å². The zero-order valence-electron chi connectivity index (χ0n) is 12.5. The van der Waals surface area contributed by atoms with Crippen molar-refractivity contribution >= 4 is 10.9 Å². The fourth-order valence-corrected chi connectivity index (χ4v) is 2.66. The van der Waals surface area contributed by atoms with E-state index >= 15 is 0 Å². The molecule has 2 aromatic heterocycles. The molecule has 0 unspecified atom stereocenters. The Kier molecular flexibility index (Phi) is 3.71. The minimum Gasteiger partial charge on any atom is -0.326 e. The number of para-hydroxylation sites is 1. The molecule has 0 aliphatic rings. The lowest BCUT2D eigenvalue weighted by molar-refractivity contribution is 0.786. The Bertz CT molecular complexity index is 774. The Morgan fingerprint density at radius 3 is 2.67 bits per heavy atom. The number of aromatic nitrogens is 3. The number of aryl methyl sites for hydroxylation is 2. The first-order chi connectivity index (χ1) is 10.3. The van der Waals surface area contributed by atoms with Gasteiger partial charge in [-0.2, -0.15) is 5.10 Å². The summed E-state index contributed by atoms with van der Waals surface area (Å²) < 4.78 is 2.05. The van der Waals surface area contributed by atoms with Crippen molar-refractivity contribution in [3.8, 4) is 5.69 Å². The van der Waals surface area contributed by atoms with E-state index in [1.807, 2.05) is 29.1 Å². The number of rotatable bonds is 4. The molecule has 0 radical (unpaired) electrons. The van der Waals surface area contributed by atoms with Crippen LogP contribution in [0.3, 0.4) is 0 Å². The van der Waals surface area contributed by atoms with Crippen molar-refractivity contribution in [1.82, 2.24) is 14.8 Å². The SMILES string of the molecule is CCc1cc(CC)n(-c2c(CN)cnc3ccccc23)n1. The van der Waals surface area contributed by atoms with Crippen LogP contribution in [0.4, 0.5) is 0 Å². The molecule has 1 aromatic carbocycles. The summed E-state index contributed by atoms with van der Waals surface area (Å²) in [5.41, 5.74) is 11.3. The minimum atomic E-state index is 0.456. The summed E-state index contributed by atoms with van der Waals surface area (Å²) in [5.74, 6) is 0. The molecule has 0 fully saturated rings. The fraction of sp³-hybridized carbons (Fsp3) is 0.294. The van der Waals surface area contributed by atoms with Crippen LogP contribution in [0.1, 0.15) is 30.8 Å². The Hall–Kier alpha value is -2.20. The first kappa shape index (κ1) is 13.8. The number of nitrogens with two attached hydrogens (primary N) is 1. The van der Waals surface area contributed by atoms with Crippen LogP contribution in [-0.2, 0) is 19.4 Å². The van der Waals surface area contributed by atoms with E-state index in [0.717, 1.165) is 40.7 Å². The molecule has 3 aromatic rings. The summed E-state index contributed by atoms with van der Waals surface area (Å²) in [6, 6.07) is 10.3. The summed E-state index contributed by atoms with van der Waals surface area (Å²) >= 11 is 0. The van der Waals surface area contributed by atoms with Crippen LogP contribution in [-0.4, -0.2) is 14.8 Å². The number of hydrogen-bond acceptors (Lipinski definition) is 3. The average Bonchev–Trinajstić information content (AvgIpc) is 2.96. The van der Waals surface area contributed by atoms with E-state index in [0.29, 0.717) is 6.54 Å². The molecule has 0 saturated heterocycles. The predicted molar refractivity (Wildman–Crippen MR) is 85.5 cm³/mol. The highest BCUT2D eigenvalue weighted by atomic mass is 15.3. The lowest BCUT2D eigenvalue weighted by atomic mass is 10.1. The van der Waals surface area contributed by atoms with Gasteiger partial charge in [-0.15, -0.1) is 0 Å². The molecule has 21 heavy (non-hydrogen) atoms. The second kappa shape index (κ2) is 5.66. The molecule has 0 saturated carbocycles. The molecular weight excluding hydrogens is 260 g/mol. The van der Waals surface area contributed by atoms with Gasteiger partial charge >= 0.3 is 0 Å². The van der Waals surface area contributed by atoms with Crippen molar-refractivity contribution < 1.29 is 0 Å². The summed E-state index contributed by atoms with van der Waals surface area (Å²) in [5, 5.41) is 5.86. The monoisotopic (exact) mass is 280 g/mol. The van der Waals surface area contributed by atoms with Crippen molar-refractivity contribution in [2.75, 3.05) is 0 Å². The van der Waals surface area contributed by atoms with E-state index in [1.165, 1.54) is 5.69 Å². The molecule has 0 atom stereocenters. The van der Waals surface area contributed by atoms with E-state index in [-0.39, 0.29) is 0 Å². The number of fused-ring (bicyclic) bond motifs is 1. The number of hydrogen-bond donors (Lipinski definition) is 1. The van der Waals surface area contributed by atoms with Crippen molar-refractivity contribution in [3.63, 3.8) is 0 Å². The van der Waals surface area contributed by atoms with E-state index < -0.39 is 0 Å². The Balaban J connectivity index is 2.35. The Labute approximate surface area is 124 Å². The van der Waals surface area contributed by atoms with Gasteiger partial charge in [-0.05, 0) is 25.0 Å². The Morgan fingerprint density at radius 1 is 1.14 bits per heavy atom. The maximum atomic E-state index is 5.93. The molecule has 0 spiro atoms. The molecule has 0 aliphatic heterocycles. The molecule has 2 heterocycles. The average molecular weight is 280 g/mol. The van der Waals surface area contributed by atoms with Crippen LogP contribution < -0.4 is 5.73 Å². The topological polar surface area (TPSA) is 56.7 Å². The van der Waals surface area contributed by atoms with Crippen LogP contribution in [0.2, 0.25) is 0 Å². The van der Waals surface area contributed by atoms with Gasteiger partial charge in [0.25, 0.3) is 0 Å². The van der Waals surface area contributed by atoms with Gasteiger partial charge < -0.3 is 5.73 Å². The third-order valence-electron chi connectivity index (χ3n) is 3.81. The number of benzene rings is 1. The molecule has 4 nitrogen and oxygen atoms in total. The second-order valence-electron chi connectivity index (χ2n) is 5.10. The first-order valence-electron chi connectivity index (χ1n) is 7.43. The van der Waals surface area contributed by atoms with Crippen LogP contribution in [0.25, 0.3) is 16.6 Å². The molecule has 108 valence electrons. The van der Waals surface area contributed by atoms with E-state index in [2.05, 4.69) is 31.0 Å². The molecular formula is C17H20N4. The summed E-state index contributed by atoms with van der Waals surface area (Å²) in [7, 11) is 0. The van der Waals surface area contributed by atoms with Gasteiger partial charge in [-0.1, -0.05) is 32.0 Å². The summed E-state index contributed by atoms with van der Waals surface area (Å²) in [6.45, 7) is 4.73. The van der Waals surface area contributed by atoms with Crippen LogP contribution in [0, 0.1) is 0 Å². The van der Waals surface area contributed by atoms with Gasteiger partial charge in [-0.25, -0.2) is 4.68 Å². The maximum absolute atomic E-state index is 5.93. The van der Waals surface area contributed by atoms with Crippen LogP contribution in [0.5, 0.6) is 0 Å². The van der Waals surface area contributed by atoms with Crippen molar-refractivity contribution in [1.29, 1.82) is 0 Å². The van der Waals surface area contributed by atoms with Crippen LogP contribution >= 0.6 is 0 Å². The van der Waals surface area contributed by atoms with Gasteiger partial charge in [0.15, 0.2) is 0 Å². The summed E-state index contributed by atoms with van der Waals surface area (Å²) in [4.78, 5) is 4.50. The zero-order valence-corrected chi connectivity index (χ0v) is 12.5. The molecule has 4 heteroatoms. The maximum Gasteiger partial charge on any atom is 0.0803 e. The predicted octanol–water partition coefficient (Wildman–Crippen LogP) is 3.00. The van der Waals surface area contributed by atoms with Crippen LogP contribution in [0.15, 0.2) is 36.5 Å². The first-order valence-corrected chi connectivity index (χ1v) is 7.43. The molecule has 0 amide bonds. The molecule has 2 N–H and O–H groups in total. The van der Waals surface area contributed by atoms with Gasteiger partial charge in [0.2, 0.25) is 0 Å². The lowest BCUT2D eigenvalue weighted by Crippen LogP contribution is -2.10. The second-order valence-corrected chi connectivity index (χ2v) is 5.10. The largest absolute Gasteiger partial charge is 0.326 e. The number of pyridine rings is 1. The van der Waals surface area contributed by atoms with Gasteiger partial charge in [0.05, 0.1) is 16.9 Å². The quantitative estimate of drug-likeness (QED) is 0.799. The highest BCUT2D eigenvalue weighted by Crippen LogP contribution is 2.26. The Morgan fingerprint density at radius 2 is 1.95 bits per heavy atom. The molecule has 0 aliphatic carbocycles. The van der Waals surface area contributed by atoms with E-state index in [1.54, 1.807) is 0 Å². The molecule has 0 bridgehead atoms. The fourth-order valence-electron chi connectivity index (χ4n) is 2.66. The normalized spacial score (nSPS) is 11.2. The zero-order chi connectivity index (χ0) is 14.8. The van der Waals surface area contributed by atoms with E-state index in [4.69, 9.17) is 10.8 Å². The van der Waals surface area contributed by atoms with Crippen molar-refractivity contribution in [3.05, 3.63) is 53.5 Å².